The van der Waals surface area contributed by atoms with E-state index < -0.39 is 0 Å². The van der Waals surface area contributed by atoms with E-state index in [9.17, 15) is 4.79 Å². The summed E-state index contributed by atoms with van der Waals surface area (Å²) in [4.78, 5) is 14.3. The lowest BCUT2D eigenvalue weighted by Crippen LogP contribution is -2.27. The normalized spacial score (nSPS) is 9.91. The van der Waals surface area contributed by atoms with E-state index in [1.54, 1.807) is 31.2 Å². The number of carbonyl (C=O) groups excluding carboxylic acids is 1. The van der Waals surface area contributed by atoms with Gasteiger partial charge in [0.2, 0.25) is 0 Å². The first-order valence-electron chi connectivity index (χ1n) is 7.17. The number of hydrogen-bond donors (Lipinski definition) is 1. The summed E-state index contributed by atoms with van der Waals surface area (Å²) in [5.41, 5.74) is 10.1. The Labute approximate surface area is 143 Å². The van der Waals surface area contributed by atoms with Crippen molar-refractivity contribution in [1.82, 2.24) is 4.90 Å². The van der Waals surface area contributed by atoms with Crippen LogP contribution >= 0.6 is 12.4 Å². The molecule has 0 aliphatic rings. The number of rotatable bonds is 4. The molecule has 0 atom stereocenters. The van der Waals surface area contributed by atoms with E-state index in [1.807, 2.05) is 38.1 Å². The van der Waals surface area contributed by atoms with Crippen LogP contribution in [0.1, 0.15) is 27.0 Å². The van der Waals surface area contributed by atoms with Gasteiger partial charge >= 0.3 is 0 Å². The molecule has 2 aromatic rings. The predicted molar refractivity (Wildman–Crippen MR) is 96.4 cm³/mol. The highest BCUT2D eigenvalue weighted by Gasteiger charge is 2.15. The van der Waals surface area contributed by atoms with Crippen molar-refractivity contribution in [2.45, 2.75) is 20.4 Å². The van der Waals surface area contributed by atoms with Crippen molar-refractivity contribution < 1.29 is 9.53 Å². The Morgan fingerprint density at radius 1 is 1.13 bits per heavy atom. The minimum Gasteiger partial charge on any atom is -0.496 e. The van der Waals surface area contributed by atoms with Crippen molar-refractivity contribution in [2.75, 3.05) is 19.9 Å². The summed E-state index contributed by atoms with van der Waals surface area (Å²) in [7, 11) is 3.45. The first-order chi connectivity index (χ1) is 10.4. The monoisotopic (exact) mass is 334 g/mol. The standard InChI is InChI=1S/C18H22N2O2.ClH/c1-12-5-7-15(19)10-16(12)18(21)20(3)11-14-6-8-17(22-4)13(2)9-14;/h5-10H,11,19H2,1-4H3;1H. The first-order valence-corrected chi connectivity index (χ1v) is 7.17. The zero-order valence-corrected chi connectivity index (χ0v) is 14.7. The fraction of sp³-hybridized carbons (Fsp3) is 0.278. The average molecular weight is 335 g/mol. The average Bonchev–Trinajstić information content (AvgIpc) is 2.49. The number of amides is 1. The number of nitrogen functional groups attached to an aromatic ring is 1. The highest BCUT2D eigenvalue weighted by molar-refractivity contribution is 5.96. The van der Waals surface area contributed by atoms with E-state index in [2.05, 4.69) is 0 Å². The SMILES string of the molecule is COc1ccc(CN(C)C(=O)c2cc(N)ccc2C)cc1C.Cl. The van der Waals surface area contributed by atoms with Gasteiger partial charge in [0.1, 0.15) is 5.75 Å². The first kappa shape index (κ1) is 18.8. The summed E-state index contributed by atoms with van der Waals surface area (Å²) in [5.74, 6) is 0.822. The maximum absolute atomic E-state index is 12.6. The fourth-order valence-electron chi connectivity index (χ4n) is 2.46. The number of nitrogens with two attached hydrogens (primary N) is 1. The molecule has 0 unspecified atom stereocenters. The zero-order chi connectivity index (χ0) is 16.3. The molecule has 0 aliphatic heterocycles. The van der Waals surface area contributed by atoms with E-state index in [0.29, 0.717) is 17.8 Å². The van der Waals surface area contributed by atoms with E-state index in [1.165, 1.54) is 0 Å². The number of halogens is 1. The third kappa shape index (κ3) is 4.39. The molecular weight excluding hydrogens is 312 g/mol. The van der Waals surface area contributed by atoms with Crippen molar-refractivity contribution in [2.24, 2.45) is 0 Å². The van der Waals surface area contributed by atoms with Gasteiger partial charge in [-0.05, 0) is 48.7 Å². The summed E-state index contributed by atoms with van der Waals surface area (Å²) in [5, 5.41) is 0. The molecule has 23 heavy (non-hydrogen) atoms. The summed E-state index contributed by atoms with van der Waals surface area (Å²) in [6.45, 7) is 4.45. The van der Waals surface area contributed by atoms with Crippen LogP contribution in [0.3, 0.4) is 0 Å². The van der Waals surface area contributed by atoms with Gasteiger partial charge < -0.3 is 15.4 Å². The molecule has 4 nitrogen and oxygen atoms in total. The molecule has 2 rings (SSSR count). The van der Waals surface area contributed by atoms with Gasteiger partial charge in [-0.3, -0.25) is 4.79 Å². The van der Waals surface area contributed by atoms with Gasteiger partial charge in [-0.2, -0.15) is 0 Å². The Kier molecular flexibility index (Phi) is 6.46. The Bertz CT molecular complexity index is 701. The van der Waals surface area contributed by atoms with Crippen LogP contribution in [0.2, 0.25) is 0 Å². The van der Waals surface area contributed by atoms with Crippen molar-refractivity contribution in [3.63, 3.8) is 0 Å². The molecular formula is C18H23ClN2O2. The number of nitrogens with zero attached hydrogens (tertiary/aromatic N) is 1. The molecule has 2 N–H and O–H groups in total. The molecule has 0 bridgehead atoms. The van der Waals surface area contributed by atoms with Crippen LogP contribution in [0.5, 0.6) is 5.75 Å². The Morgan fingerprint density at radius 3 is 2.43 bits per heavy atom. The second-order valence-corrected chi connectivity index (χ2v) is 5.54. The van der Waals surface area contributed by atoms with Crippen molar-refractivity contribution in [3.8, 4) is 5.75 Å². The van der Waals surface area contributed by atoms with E-state index in [-0.39, 0.29) is 18.3 Å². The molecule has 0 fully saturated rings. The smallest absolute Gasteiger partial charge is 0.254 e. The third-order valence-corrected chi connectivity index (χ3v) is 3.72. The van der Waals surface area contributed by atoms with Crippen LogP contribution in [0, 0.1) is 13.8 Å². The molecule has 124 valence electrons. The van der Waals surface area contributed by atoms with Gasteiger partial charge in [-0.1, -0.05) is 18.2 Å². The van der Waals surface area contributed by atoms with Crippen LogP contribution in [0.4, 0.5) is 5.69 Å². The van der Waals surface area contributed by atoms with Crippen LogP contribution in [-0.2, 0) is 6.54 Å². The van der Waals surface area contributed by atoms with E-state index in [4.69, 9.17) is 10.5 Å². The molecule has 0 saturated carbocycles. The van der Waals surface area contributed by atoms with Crippen LogP contribution < -0.4 is 10.5 Å². The van der Waals surface area contributed by atoms with Crippen LogP contribution in [0.25, 0.3) is 0 Å². The summed E-state index contributed by atoms with van der Waals surface area (Å²) < 4.78 is 5.26. The Hall–Kier alpha value is -2.20. The van der Waals surface area contributed by atoms with Crippen molar-refractivity contribution >= 4 is 24.0 Å². The highest BCUT2D eigenvalue weighted by Crippen LogP contribution is 2.20. The number of ether oxygens (including phenoxy) is 1. The van der Waals surface area contributed by atoms with Gasteiger partial charge in [0.15, 0.2) is 0 Å². The van der Waals surface area contributed by atoms with Crippen molar-refractivity contribution in [1.29, 1.82) is 0 Å². The maximum atomic E-state index is 12.6. The minimum atomic E-state index is -0.0294. The topological polar surface area (TPSA) is 55.6 Å². The number of anilines is 1. The summed E-state index contributed by atoms with van der Waals surface area (Å²) in [6.07, 6.45) is 0. The van der Waals surface area contributed by atoms with Crippen molar-refractivity contribution in [3.05, 3.63) is 58.7 Å². The van der Waals surface area contributed by atoms with Crippen LogP contribution in [0.15, 0.2) is 36.4 Å². The van der Waals surface area contributed by atoms with Gasteiger partial charge in [0.25, 0.3) is 5.91 Å². The second-order valence-electron chi connectivity index (χ2n) is 5.54. The van der Waals surface area contributed by atoms with Gasteiger partial charge in [-0.15, -0.1) is 12.4 Å². The zero-order valence-electron chi connectivity index (χ0n) is 13.9. The lowest BCUT2D eigenvalue weighted by molar-refractivity contribution is 0.0784. The predicted octanol–water partition coefficient (Wildman–Crippen LogP) is 3.59. The second kappa shape index (κ2) is 7.88. The molecule has 0 aliphatic carbocycles. The third-order valence-electron chi connectivity index (χ3n) is 3.72. The number of methoxy groups -OCH3 is 1. The molecule has 2 aromatic carbocycles. The quantitative estimate of drug-likeness (QED) is 0.869. The molecule has 0 spiro atoms. The summed E-state index contributed by atoms with van der Waals surface area (Å²) >= 11 is 0. The summed E-state index contributed by atoms with van der Waals surface area (Å²) in [6, 6.07) is 11.3. The number of hydrogen-bond acceptors (Lipinski definition) is 3. The maximum Gasteiger partial charge on any atom is 0.254 e. The minimum absolute atomic E-state index is 0. The molecule has 0 aromatic heterocycles. The Balaban J connectivity index is 0.00000264. The molecule has 0 saturated heterocycles. The molecule has 1 amide bonds. The Morgan fingerprint density at radius 2 is 1.83 bits per heavy atom. The van der Waals surface area contributed by atoms with Gasteiger partial charge in [0, 0.05) is 24.8 Å². The largest absolute Gasteiger partial charge is 0.496 e. The fourth-order valence-corrected chi connectivity index (χ4v) is 2.46. The number of carbonyl (C=O) groups is 1. The number of aryl methyl sites for hydroxylation is 2. The number of benzene rings is 2. The molecule has 5 heteroatoms. The molecule has 0 radical (unpaired) electrons. The van der Waals surface area contributed by atoms with Crippen LogP contribution in [-0.4, -0.2) is 25.0 Å². The highest BCUT2D eigenvalue weighted by atomic mass is 35.5. The van der Waals surface area contributed by atoms with E-state index in [0.717, 1.165) is 22.4 Å². The lowest BCUT2D eigenvalue weighted by atomic mass is 10.1. The molecule has 0 heterocycles. The van der Waals surface area contributed by atoms with E-state index >= 15 is 0 Å². The lowest BCUT2D eigenvalue weighted by Gasteiger charge is -2.19. The van der Waals surface area contributed by atoms with Gasteiger partial charge in [0.05, 0.1) is 7.11 Å². The van der Waals surface area contributed by atoms with Gasteiger partial charge in [-0.25, -0.2) is 0 Å².